The molecule has 0 atom stereocenters. The largest absolute Gasteiger partial charge is 0.333 e. The molecule has 3 aliphatic heterocycles. The molecule has 5 nitrogen and oxygen atoms in total. The first-order chi connectivity index (χ1) is 8.72. The molecule has 0 aromatic rings. The maximum atomic E-state index is 5.27. The lowest BCUT2D eigenvalue weighted by molar-refractivity contribution is -0.0967. The van der Waals surface area contributed by atoms with Gasteiger partial charge in [-0.25, -0.2) is 5.06 Å². The zero-order chi connectivity index (χ0) is 12.7. The fraction of sp³-hybridized carbons (Fsp3) is 0.462. The van der Waals surface area contributed by atoms with Crippen LogP contribution < -0.4 is 0 Å². The Morgan fingerprint density at radius 3 is 2.94 bits per heavy atom. The second-order valence-electron chi connectivity index (χ2n) is 4.69. The Morgan fingerprint density at radius 1 is 1.39 bits per heavy atom. The molecule has 0 fully saturated rings. The Labute approximate surface area is 107 Å². The number of hydrogen-bond donors (Lipinski definition) is 0. The molecule has 0 aromatic heterocycles. The number of hydrogen-bond acceptors (Lipinski definition) is 5. The minimum atomic E-state index is 0.722. The molecule has 3 rings (SSSR count). The standard InChI is InChI=1S/C13H18N4O/c1-4-15-7-10(2)5-12-13(15)17-9-16(18-3)8-11(17)6-14-12/h6-8H,4-5,9H2,1-3H3. The average Bonchev–Trinajstić information content (AvgIpc) is 2.80. The fourth-order valence-corrected chi connectivity index (χ4v) is 2.56. The highest BCUT2D eigenvalue weighted by Gasteiger charge is 2.32. The van der Waals surface area contributed by atoms with Crippen molar-refractivity contribution in [2.24, 2.45) is 4.99 Å². The quantitative estimate of drug-likeness (QED) is 0.744. The SMILES string of the molecule is CCN1C=C(C)CC2=C1N1CN(OC)C=C1C=N2. The van der Waals surface area contributed by atoms with Crippen LogP contribution in [0.4, 0.5) is 0 Å². The molecule has 0 radical (unpaired) electrons. The molecule has 3 heterocycles. The Balaban J connectivity index is 1.97. The van der Waals surface area contributed by atoms with E-state index in [-0.39, 0.29) is 0 Å². The number of nitrogens with zero attached hydrogens (tertiary/aromatic N) is 4. The number of aliphatic imine (C=N–C) groups is 1. The van der Waals surface area contributed by atoms with E-state index < -0.39 is 0 Å². The highest BCUT2D eigenvalue weighted by atomic mass is 16.7. The van der Waals surface area contributed by atoms with Crippen molar-refractivity contribution in [2.75, 3.05) is 20.3 Å². The van der Waals surface area contributed by atoms with Crippen LogP contribution in [0.1, 0.15) is 20.3 Å². The van der Waals surface area contributed by atoms with Crippen LogP contribution >= 0.6 is 0 Å². The van der Waals surface area contributed by atoms with E-state index in [0.29, 0.717) is 0 Å². The van der Waals surface area contributed by atoms with Crippen LogP contribution in [-0.4, -0.2) is 41.4 Å². The lowest BCUT2D eigenvalue weighted by Gasteiger charge is -2.37. The summed E-state index contributed by atoms with van der Waals surface area (Å²) >= 11 is 0. The normalized spacial score (nSPS) is 22.1. The second-order valence-corrected chi connectivity index (χ2v) is 4.69. The van der Waals surface area contributed by atoms with Crippen LogP contribution in [-0.2, 0) is 4.84 Å². The van der Waals surface area contributed by atoms with Gasteiger partial charge in [0.1, 0.15) is 12.5 Å². The monoisotopic (exact) mass is 246 g/mol. The van der Waals surface area contributed by atoms with E-state index in [2.05, 4.69) is 34.8 Å². The predicted molar refractivity (Wildman–Crippen MR) is 69.9 cm³/mol. The number of hydroxylamine groups is 2. The smallest absolute Gasteiger partial charge is 0.137 e. The topological polar surface area (TPSA) is 31.3 Å². The summed E-state index contributed by atoms with van der Waals surface area (Å²) < 4.78 is 0. The first-order valence-electron chi connectivity index (χ1n) is 6.24. The van der Waals surface area contributed by atoms with Gasteiger partial charge >= 0.3 is 0 Å². The van der Waals surface area contributed by atoms with E-state index in [4.69, 9.17) is 4.84 Å². The van der Waals surface area contributed by atoms with Gasteiger partial charge in [0.25, 0.3) is 0 Å². The highest BCUT2D eigenvalue weighted by molar-refractivity contribution is 5.81. The van der Waals surface area contributed by atoms with E-state index in [9.17, 15) is 0 Å². The van der Waals surface area contributed by atoms with Gasteiger partial charge < -0.3 is 9.80 Å². The summed E-state index contributed by atoms with van der Waals surface area (Å²) in [6, 6.07) is 0. The molecule has 0 saturated carbocycles. The molecule has 5 heteroatoms. The average molecular weight is 246 g/mol. The Morgan fingerprint density at radius 2 is 2.22 bits per heavy atom. The molecule has 0 N–H and O–H groups in total. The number of allylic oxidation sites excluding steroid dienone is 2. The highest BCUT2D eigenvalue weighted by Crippen LogP contribution is 2.34. The molecule has 0 aliphatic carbocycles. The van der Waals surface area contributed by atoms with E-state index in [1.54, 1.807) is 7.11 Å². The molecule has 0 unspecified atom stereocenters. The molecule has 18 heavy (non-hydrogen) atoms. The van der Waals surface area contributed by atoms with Crippen LogP contribution in [0.15, 0.2) is 40.2 Å². The van der Waals surface area contributed by atoms with Gasteiger partial charge in [0.2, 0.25) is 0 Å². The lowest BCUT2D eigenvalue weighted by Crippen LogP contribution is -2.38. The predicted octanol–water partition coefficient (Wildman–Crippen LogP) is 1.85. The van der Waals surface area contributed by atoms with Crippen LogP contribution in [0.25, 0.3) is 0 Å². The summed E-state index contributed by atoms with van der Waals surface area (Å²) in [7, 11) is 1.68. The molecule has 0 aromatic carbocycles. The van der Waals surface area contributed by atoms with Crippen molar-refractivity contribution in [3.63, 3.8) is 0 Å². The summed E-state index contributed by atoms with van der Waals surface area (Å²) in [6.45, 7) is 5.98. The third-order valence-corrected chi connectivity index (χ3v) is 3.40. The second kappa shape index (κ2) is 4.17. The molecule has 0 saturated heterocycles. The van der Waals surface area contributed by atoms with E-state index in [1.165, 1.54) is 11.4 Å². The molecule has 3 aliphatic rings. The Kier molecular flexibility index (Phi) is 2.63. The summed E-state index contributed by atoms with van der Waals surface area (Å²) in [5.74, 6) is 1.19. The summed E-state index contributed by atoms with van der Waals surface area (Å²) in [6.07, 6.45) is 7.04. The maximum absolute atomic E-state index is 5.27. The third-order valence-electron chi connectivity index (χ3n) is 3.40. The molecule has 0 spiro atoms. The van der Waals surface area contributed by atoms with Crippen molar-refractivity contribution >= 4 is 6.21 Å². The lowest BCUT2D eigenvalue weighted by atomic mass is 10.1. The van der Waals surface area contributed by atoms with E-state index >= 15 is 0 Å². The van der Waals surface area contributed by atoms with Crippen LogP contribution in [0.5, 0.6) is 0 Å². The summed E-state index contributed by atoms with van der Waals surface area (Å²) in [5.41, 5.74) is 3.58. The fourth-order valence-electron chi connectivity index (χ4n) is 2.56. The summed E-state index contributed by atoms with van der Waals surface area (Å²) in [4.78, 5) is 14.4. The van der Waals surface area contributed by atoms with Crippen molar-refractivity contribution in [3.05, 3.63) is 35.2 Å². The van der Waals surface area contributed by atoms with Crippen molar-refractivity contribution < 1.29 is 4.84 Å². The molecular weight excluding hydrogens is 228 g/mol. The first kappa shape index (κ1) is 11.3. The van der Waals surface area contributed by atoms with E-state index in [1.807, 2.05) is 17.5 Å². The van der Waals surface area contributed by atoms with Crippen LogP contribution in [0.3, 0.4) is 0 Å². The molecule has 0 amide bonds. The van der Waals surface area contributed by atoms with Crippen LogP contribution in [0, 0.1) is 0 Å². The third kappa shape index (κ3) is 1.62. The molecule has 96 valence electrons. The maximum Gasteiger partial charge on any atom is 0.137 e. The van der Waals surface area contributed by atoms with Crippen LogP contribution in [0.2, 0.25) is 0 Å². The number of rotatable bonds is 2. The van der Waals surface area contributed by atoms with Crippen molar-refractivity contribution in [2.45, 2.75) is 20.3 Å². The Bertz CT molecular complexity index is 489. The van der Waals surface area contributed by atoms with Gasteiger partial charge in [-0.3, -0.25) is 9.83 Å². The van der Waals surface area contributed by atoms with Gasteiger partial charge in [-0.2, -0.15) is 0 Å². The molecular formula is C13H18N4O. The van der Waals surface area contributed by atoms with Crippen molar-refractivity contribution in [1.82, 2.24) is 14.9 Å². The first-order valence-corrected chi connectivity index (χ1v) is 6.24. The Hall–Kier alpha value is -1.75. The van der Waals surface area contributed by atoms with Gasteiger partial charge in [0.05, 0.1) is 30.9 Å². The van der Waals surface area contributed by atoms with Gasteiger partial charge in [-0.1, -0.05) is 5.57 Å². The van der Waals surface area contributed by atoms with Crippen molar-refractivity contribution in [3.8, 4) is 0 Å². The zero-order valence-electron chi connectivity index (χ0n) is 11.1. The number of fused-ring (bicyclic) bond motifs is 2. The minimum absolute atomic E-state index is 0.722. The summed E-state index contributed by atoms with van der Waals surface area (Å²) in [5, 5.41) is 1.82. The minimum Gasteiger partial charge on any atom is -0.333 e. The van der Waals surface area contributed by atoms with Gasteiger partial charge in [0, 0.05) is 19.2 Å². The van der Waals surface area contributed by atoms with Gasteiger partial charge in [-0.15, -0.1) is 0 Å². The van der Waals surface area contributed by atoms with Gasteiger partial charge in [0.15, 0.2) is 0 Å². The van der Waals surface area contributed by atoms with Crippen molar-refractivity contribution in [1.29, 1.82) is 0 Å². The van der Waals surface area contributed by atoms with Gasteiger partial charge in [-0.05, 0) is 13.8 Å². The molecule has 0 bridgehead atoms. The van der Waals surface area contributed by atoms with E-state index in [0.717, 1.165) is 31.0 Å². The zero-order valence-corrected chi connectivity index (χ0v) is 11.1.